The summed E-state index contributed by atoms with van der Waals surface area (Å²) in [7, 11) is 0. The van der Waals surface area contributed by atoms with E-state index in [2.05, 4.69) is 17.4 Å². The van der Waals surface area contributed by atoms with E-state index >= 15 is 0 Å². The van der Waals surface area contributed by atoms with E-state index in [1.165, 1.54) is 0 Å². The Labute approximate surface area is 143 Å². The molecule has 1 aromatic rings. The summed E-state index contributed by atoms with van der Waals surface area (Å²) in [6, 6.07) is 10.1. The summed E-state index contributed by atoms with van der Waals surface area (Å²) in [4.78, 5) is 28.6. The molecular weight excluding hydrogens is 300 g/mol. The summed E-state index contributed by atoms with van der Waals surface area (Å²) in [5, 5.41) is 3.20. The summed E-state index contributed by atoms with van der Waals surface area (Å²) < 4.78 is 0. The SMILES string of the molecule is O=C1N(Cc2ccccc2)C2(CCCC2)C(=O)NC12CCCCC2. The van der Waals surface area contributed by atoms with Crippen LogP contribution in [0.1, 0.15) is 63.4 Å². The van der Waals surface area contributed by atoms with Crippen molar-refractivity contribution in [3.8, 4) is 0 Å². The van der Waals surface area contributed by atoms with Crippen LogP contribution < -0.4 is 5.32 Å². The van der Waals surface area contributed by atoms with E-state index < -0.39 is 11.1 Å². The fourth-order valence-electron chi connectivity index (χ4n) is 4.90. The predicted molar refractivity (Wildman–Crippen MR) is 92.1 cm³/mol. The monoisotopic (exact) mass is 326 g/mol. The highest BCUT2D eigenvalue weighted by Crippen LogP contribution is 2.44. The molecule has 1 heterocycles. The first kappa shape index (κ1) is 15.7. The number of hydrogen-bond donors (Lipinski definition) is 1. The highest BCUT2D eigenvalue weighted by molar-refractivity contribution is 6.02. The van der Waals surface area contributed by atoms with Crippen molar-refractivity contribution in [2.45, 2.75) is 75.4 Å². The van der Waals surface area contributed by atoms with Gasteiger partial charge in [0.25, 0.3) is 0 Å². The van der Waals surface area contributed by atoms with Crippen LogP contribution in [-0.4, -0.2) is 27.8 Å². The van der Waals surface area contributed by atoms with Crippen molar-refractivity contribution in [2.24, 2.45) is 0 Å². The second-order valence-electron chi connectivity index (χ2n) is 7.71. The van der Waals surface area contributed by atoms with Crippen LogP contribution >= 0.6 is 0 Å². The minimum absolute atomic E-state index is 0.0948. The van der Waals surface area contributed by atoms with Gasteiger partial charge < -0.3 is 10.2 Å². The number of nitrogens with zero attached hydrogens (tertiary/aromatic N) is 1. The fraction of sp³-hybridized carbons (Fsp3) is 0.600. The standard InChI is InChI=1S/C20H26N2O2/c23-17-20(13-7-8-14-20)22(15-16-9-3-1-4-10-16)18(24)19(21-17)11-5-2-6-12-19/h1,3-4,9-10H,2,5-8,11-15H2,(H,21,23). The number of piperazine rings is 1. The molecule has 1 aromatic carbocycles. The van der Waals surface area contributed by atoms with Gasteiger partial charge in [-0.15, -0.1) is 0 Å². The van der Waals surface area contributed by atoms with Crippen LogP contribution in [0.2, 0.25) is 0 Å². The molecule has 4 heteroatoms. The molecule has 0 atom stereocenters. The molecule has 0 radical (unpaired) electrons. The molecule has 3 fully saturated rings. The molecular formula is C20H26N2O2. The van der Waals surface area contributed by atoms with Crippen molar-refractivity contribution in [3.05, 3.63) is 35.9 Å². The average Bonchev–Trinajstić information content (AvgIpc) is 3.10. The molecule has 0 aromatic heterocycles. The Balaban J connectivity index is 1.71. The quantitative estimate of drug-likeness (QED) is 0.907. The van der Waals surface area contributed by atoms with Gasteiger partial charge in [-0.3, -0.25) is 9.59 Å². The smallest absolute Gasteiger partial charge is 0.249 e. The second kappa shape index (κ2) is 5.91. The molecule has 1 aliphatic heterocycles. The molecule has 1 saturated heterocycles. The maximum Gasteiger partial charge on any atom is 0.249 e. The summed E-state index contributed by atoms with van der Waals surface area (Å²) >= 11 is 0. The zero-order valence-corrected chi connectivity index (χ0v) is 14.2. The van der Waals surface area contributed by atoms with Gasteiger partial charge in [0.1, 0.15) is 11.1 Å². The molecule has 0 bridgehead atoms. The number of amides is 2. The van der Waals surface area contributed by atoms with Crippen LogP contribution in [0.5, 0.6) is 0 Å². The first-order valence-electron chi connectivity index (χ1n) is 9.35. The minimum atomic E-state index is -0.641. The van der Waals surface area contributed by atoms with Gasteiger partial charge in [-0.05, 0) is 31.2 Å². The first-order valence-corrected chi connectivity index (χ1v) is 9.35. The van der Waals surface area contributed by atoms with E-state index in [4.69, 9.17) is 0 Å². The Bertz CT molecular complexity index is 628. The second-order valence-corrected chi connectivity index (χ2v) is 7.71. The van der Waals surface area contributed by atoms with Gasteiger partial charge in [-0.1, -0.05) is 62.4 Å². The van der Waals surface area contributed by atoms with E-state index in [-0.39, 0.29) is 11.8 Å². The van der Waals surface area contributed by atoms with Gasteiger partial charge in [0.15, 0.2) is 0 Å². The van der Waals surface area contributed by atoms with Crippen molar-refractivity contribution >= 4 is 11.8 Å². The molecule has 4 nitrogen and oxygen atoms in total. The molecule has 24 heavy (non-hydrogen) atoms. The molecule has 2 spiro atoms. The van der Waals surface area contributed by atoms with E-state index in [1.54, 1.807) is 0 Å². The number of hydrogen-bond acceptors (Lipinski definition) is 2. The normalized spacial score (nSPS) is 25.2. The highest BCUT2D eigenvalue weighted by Gasteiger charge is 2.59. The van der Waals surface area contributed by atoms with Crippen LogP contribution in [0.25, 0.3) is 0 Å². The largest absolute Gasteiger partial charge is 0.340 e. The van der Waals surface area contributed by atoms with Crippen molar-refractivity contribution in [1.82, 2.24) is 10.2 Å². The summed E-state index contributed by atoms with van der Waals surface area (Å²) in [5.74, 6) is 0.255. The van der Waals surface area contributed by atoms with Gasteiger partial charge in [-0.2, -0.15) is 0 Å². The lowest BCUT2D eigenvalue weighted by molar-refractivity contribution is -0.165. The average molecular weight is 326 g/mol. The molecule has 1 N–H and O–H groups in total. The van der Waals surface area contributed by atoms with Gasteiger partial charge in [0.2, 0.25) is 11.8 Å². The number of carbonyl (C=O) groups excluding carboxylic acids is 2. The lowest BCUT2D eigenvalue weighted by Crippen LogP contribution is -2.75. The zero-order chi connectivity index (χ0) is 16.6. The predicted octanol–water partition coefficient (Wildman–Crippen LogP) is 3.16. The Morgan fingerprint density at radius 1 is 0.875 bits per heavy atom. The molecule has 128 valence electrons. The third kappa shape index (κ3) is 2.35. The summed E-state index contributed by atoms with van der Waals surface area (Å²) in [5.41, 5.74) is -0.147. The third-order valence-corrected chi connectivity index (χ3v) is 6.27. The van der Waals surface area contributed by atoms with Crippen molar-refractivity contribution in [1.29, 1.82) is 0 Å². The fourth-order valence-corrected chi connectivity index (χ4v) is 4.90. The lowest BCUT2D eigenvalue weighted by Gasteiger charge is -2.52. The van der Waals surface area contributed by atoms with E-state index in [9.17, 15) is 9.59 Å². The van der Waals surface area contributed by atoms with Crippen LogP contribution in [-0.2, 0) is 16.1 Å². The van der Waals surface area contributed by atoms with Crippen molar-refractivity contribution in [3.63, 3.8) is 0 Å². The van der Waals surface area contributed by atoms with E-state index in [0.717, 1.165) is 63.4 Å². The van der Waals surface area contributed by atoms with Gasteiger partial charge in [0, 0.05) is 6.54 Å². The molecule has 2 saturated carbocycles. The van der Waals surface area contributed by atoms with Crippen molar-refractivity contribution < 1.29 is 9.59 Å². The molecule has 0 unspecified atom stereocenters. The highest BCUT2D eigenvalue weighted by atomic mass is 16.2. The number of carbonyl (C=O) groups is 2. The Morgan fingerprint density at radius 2 is 1.50 bits per heavy atom. The minimum Gasteiger partial charge on any atom is -0.340 e. The Kier molecular flexibility index (Phi) is 3.86. The summed E-state index contributed by atoms with van der Waals surface area (Å²) in [6.45, 7) is 0.550. The zero-order valence-electron chi connectivity index (χ0n) is 14.2. The van der Waals surface area contributed by atoms with Gasteiger partial charge >= 0.3 is 0 Å². The number of benzene rings is 1. The van der Waals surface area contributed by atoms with Crippen LogP contribution in [0.3, 0.4) is 0 Å². The van der Waals surface area contributed by atoms with Crippen LogP contribution in [0.4, 0.5) is 0 Å². The summed E-state index contributed by atoms with van der Waals surface area (Å²) in [6.07, 6.45) is 8.45. The van der Waals surface area contributed by atoms with E-state index in [1.807, 2.05) is 23.1 Å². The Hall–Kier alpha value is -1.84. The lowest BCUT2D eigenvalue weighted by atomic mass is 9.75. The third-order valence-electron chi connectivity index (χ3n) is 6.27. The molecule has 3 aliphatic rings. The maximum atomic E-state index is 13.5. The number of rotatable bonds is 2. The first-order chi connectivity index (χ1) is 11.7. The van der Waals surface area contributed by atoms with Gasteiger partial charge in [0.05, 0.1) is 0 Å². The van der Waals surface area contributed by atoms with Crippen molar-refractivity contribution in [2.75, 3.05) is 0 Å². The molecule has 2 aliphatic carbocycles. The van der Waals surface area contributed by atoms with Crippen LogP contribution in [0.15, 0.2) is 30.3 Å². The molecule has 2 amide bonds. The number of nitrogens with one attached hydrogen (secondary N) is 1. The Morgan fingerprint density at radius 3 is 2.17 bits per heavy atom. The molecule has 4 rings (SSSR count). The topological polar surface area (TPSA) is 49.4 Å². The van der Waals surface area contributed by atoms with Gasteiger partial charge in [-0.25, -0.2) is 0 Å². The van der Waals surface area contributed by atoms with Crippen LogP contribution in [0, 0.1) is 0 Å². The maximum absolute atomic E-state index is 13.5. The van der Waals surface area contributed by atoms with E-state index in [0.29, 0.717) is 6.54 Å².